The number of carbonyl (C=O) groups excluding carboxylic acids is 1. The number of amides is 1. The third kappa shape index (κ3) is 2.68. The van der Waals surface area contributed by atoms with Gasteiger partial charge < -0.3 is 19.9 Å². The van der Waals surface area contributed by atoms with Crippen LogP contribution in [0.4, 0.5) is 0 Å². The number of nitrogens with one attached hydrogen (secondary N) is 1. The van der Waals surface area contributed by atoms with Crippen molar-refractivity contribution in [3.8, 4) is 5.75 Å². The lowest BCUT2D eigenvalue weighted by Crippen LogP contribution is -2.55. The van der Waals surface area contributed by atoms with Gasteiger partial charge in [0.15, 0.2) is 5.54 Å². The molecule has 0 bridgehead atoms. The van der Waals surface area contributed by atoms with Crippen LogP contribution in [0.1, 0.15) is 16.8 Å². The minimum atomic E-state index is -1.32. The number of hydrogen-bond donors (Lipinski definition) is 2. The number of ether oxygens (including phenoxy) is 2. The maximum Gasteiger partial charge on any atom is 0.331 e. The maximum atomic E-state index is 12.0. The average Bonchev–Trinajstić information content (AvgIpc) is 2.88. The zero-order valence-corrected chi connectivity index (χ0v) is 10.5. The molecule has 0 saturated carbocycles. The molecule has 1 atom stereocenters. The van der Waals surface area contributed by atoms with Gasteiger partial charge in [-0.15, -0.1) is 0 Å². The quantitative estimate of drug-likeness (QED) is 0.835. The molecule has 2 rings (SSSR count). The second kappa shape index (κ2) is 5.27. The molecule has 2 N–H and O–H groups in total. The molecule has 1 aliphatic heterocycles. The highest BCUT2D eigenvalue weighted by atomic mass is 16.5. The molecule has 1 aromatic carbocycles. The number of hydrogen-bond acceptors (Lipinski definition) is 4. The molecule has 6 nitrogen and oxygen atoms in total. The highest BCUT2D eigenvalue weighted by Gasteiger charge is 2.44. The Morgan fingerprint density at radius 3 is 2.53 bits per heavy atom. The molecular formula is C13H15NO5. The van der Waals surface area contributed by atoms with Crippen molar-refractivity contribution in [1.82, 2.24) is 5.32 Å². The van der Waals surface area contributed by atoms with Crippen LogP contribution in [0.3, 0.4) is 0 Å². The summed E-state index contributed by atoms with van der Waals surface area (Å²) in [4.78, 5) is 23.3. The van der Waals surface area contributed by atoms with Crippen molar-refractivity contribution in [3.05, 3.63) is 29.8 Å². The highest BCUT2D eigenvalue weighted by molar-refractivity contribution is 5.98. The van der Waals surface area contributed by atoms with E-state index < -0.39 is 17.4 Å². The number of benzene rings is 1. The third-order valence-corrected chi connectivity index (χ3v) is 3.14. The predicted molar refractivity (Wildman–Crippen MR) is 66.3 cm³/mol. The molecule has 0 aliphatic carbocycles. The van der Waals surface area contributed by atoms with Gasteiger partial charge in [0.1, 0.15) is 5.75 Å². The van der Waals surface area contributed by atoms with Gasteiger partial charge in [0.2, 0.25) is 0 Å². The van der Waals surface area contributed by atoms with Crippen molar-refractivity contribution in [2.24, 2.45) is 0 Å². The Kier molecular flexibility index (Phi) is 3.71. The lowest BCUT2D eigenvalue weighted by molar-refractivity contribution is -0.144. The van der Waals surface area contributed by atoms with Crippen LogP contribution in [-0.2, 0) is 9.53 Å². The second-order valence-electron chi connectivity index (χ2n) is 4.37. The number of aliphatic carboxylic acids is 1. The van der Waals surface area contributed by atoms with Gasteiger partial charge in [-0.25, -0.2) is 4.79 Å². The molecule has 1 fully saturated rings. The van der Waals surface area contributed by atoms with E-state index in [0.717, 1.165) is 0 Å². The normalized spacial score (nSPS) is 21.9. The Bertz CT molecular complexity index is 476. The molecule has 6 heteroatoms. The summed E-state index contributed by atoms with van der Waals surface area (Å²) >= 11 is 0. The third-order valence-electron chi connectivity index (χ3n) is 3.14. The van der Waals surface area contributed by atoms with Crippen LogP contribution in [0, 0.1) is 0 Å². The summed E-state index contributed by atoms with van der Waals surface area (Å²) in [6, 6.07) is 6.46. The maximum absolute atomic E-state index is 12.0. The lowest BCUT2D eigenvalue weighted by Gasteiger charge is -2.23. The van der Waals surface area contributed by atoms with E-state index in [9.17, 15) is 14.7 Å². The van der Waals surface area contributed by atoms with Crippen molar-refractivity contribution >= 4 is 11.9 Å². The Morgan fingerprint density at radius 2 is 2.05 bits per heavy atom. The molecule has 0 aromatic heterocycles. The van der Waals surface area contributed by atoms with E-state index in [0.29, 0.717) is 17.9 Å². The van der Waals surface area contributed by atoms with Gasteiger partial charge in [-0.3, -0.25) is 4.79 Å². The van der Waals surface area contributed by atoms with Gasteiger partial charge in [-0.1, -0.05) is 0 Å². The SMILES string of the molecule is COc1ccc(C(=O)N[C@@]2(C(=O)O)CCOC2)cc1. The van der Waals surface area contributed by atoms with Crippen LogP contribution < -0.4 is 10.1 Å². The molecule has 1 amide bonds. The van der Waals surface area contributed by atoms with Gasteiger partial charge >= 0.3 is 5.97 Å². The zero-order chi connectivity index (χ0) is 13.9. The van der Waals surface area contributed by atoms with Gasteiger partial charge in [0, 0.05) is 18.6 Å². The summed E-state index contributed by atoms with van der Waals surface area (Å²) in [5, 5.41) is 11.8. The number of rotatable bonds is 4. The highest BCUT2D eigenvalue weighted by Crippen LogP contribution is 2.20. The second-order valence-corrected chi connectivity index (χ2v) is 4.37. The summed E-state index contributed by atoms with van der Waals surface area (Å²) in [5.74, 6) is -0.879. The van der Waals surface area contributed by atoms with Crippen molar-refractivity contribution in [3.63, 3.8) is 0 Å². The summed E-state index contributed by atoms with van der Waals surface area (Å²) < 4.78 is 10.1. The van der Waals surface area contributed by atoms with E-state index in [4.69, 9.17) is 9.47 Å². The van der Waals surface area contributed by atoms with Crippen molar-refractivity contribution in [2.75, 3.05) is 20.3 Å². The molecular weight excluding hydrogens is 250 g/mol. The van der Waals surface area contributed by atoms with Gasteiger partial charge in [-0.2, -0.15) is 0 Å². The van der Waals surface area contributed by atoms with E-state index in [2.05, 4.69) is 5.32 Å². The first-order valence-electron chi connectivity index (χ1n) is 5.85. The largest absolute Gasteiger partial charge is 0.497 e. The number of carboxylic acids is 1. The van der Waals surface area contributed by atoms with E-state index in [1.54, 1.807) is 24.3 Å². The summed E-state index contributed by atoms with van der Waals surface area (Å²) in [5.41, 5.74) is -0.940. The number of carboxylic acid groups (broad SMARTS) is 1. The topological polar surface area (TPSA) is 84.9 Å². The molecule has 1 heterocycles. The monoisotopic (exact) mass is 265 g/mol. The van der Waals surface area contributed by atoms with Crippen LogP contribution in [0.25, 0.3) is 0 Å². The number of methoxy groups -OCH3 is 1. The molecule has 1 saturated heterocycles. The Hall–Kier alpha value is -2.08. The lowest BCUT2D eigenvalue weighted by atomic mass is 9.98. The Balaban J connectivity index is 2.13. The Labute approximate surface area is 110 Å². The van der Waals surface area contributed by atoms with Crippen LogP contribution >= 0.6 is 0 Å². The molecule has 19 heavy (non-hydrogen) atoms. The van der Waals surface area contributed by atoms with E-state index in [1.165, 1.54) is 7.11 Å². The van der Waals surface area contributed by atoms with E-state index in [1.807, 2.05) is 0 Å². The van der Waals surface area contributed by atoms with Crippen molar-refractivity contribution in [2.45, 2.75) is 12.0 Å². The predicted octanol–water partition coefficient (Wildman–Crippen LogP) is 0.669. The van der Waals surface area contributed by atoms with Crippen LogP contribution in [0.15, 0.2) is 24.3 Å². The van der Waals surface area contributed by atoms with Crippen LogP contribution in [0.2, 0.25) is 0 Å². The van der Waals surface area contributed by atoms with Crippen LogP contribution in [0.5, 0.6) is 5.75 Å². The van der Waals surface area contributed by atoms with E-state index in [-0.39, 0.29) is 13.0 Å². The molecule has 0 radical (unpaired) electrons. The fourth-order valence-corrected chi connectivity index (χ4v) is 1.92. The molecule has 0 unspecified atom stereocenters. The minimum absolute atomic E-state index is 0.00969. The average molecular weight is 265 g/mol. The standard InChI is InChI=1S/C13H15NO5/c1-18-10-4-2-9(3-5-10)11(15)14-13(12(16)17)6-7-19-8-13/h2-5H,6-8H2,1H3,(H,14,15)(H,16,17)/t13-/m0/s1. The number of carbonyl (C=O) groups is 2. The zero-order valence-electron chi connectivity index (χ0n) is 10.5. The smallest absolute Gasteiger partial charge is 0.331 e. The fourth-order valence-electron chi connectivity index (χ4n) is 1.92. The first kappa shape index (κ1) is 13.4. The minimum Gasteiger partial charge on any atom is -0.497 e. The van der Waals surface area contributed by atoms with Gasteiger partial charge in [-0.05, 0) is 24.3 Å². The first-order chi connectivity index (χ1) is 9.07. The summed E-state index contributed by atoms with van der Waals surface area (Å²) in [7, 11) is 1.53. The summed E-state index contributed by atoms with van der Waals surface area (Å²) in [6.45, 7) is 0.319. The molecule has 1 aliphatic rings. The van der Waals surface area contributed by atoms with Crippen molar-refractivity contribution in [1.29, 1.82) is 0 Å². The fraction of sp³-hybridized carbons (Fsp3) is 0.385. The molecule has 1 aromatic rings. The van der Waals surface area contributed by atoms with Crippen LogP contribution in [-0.4, -0.2) is 42.8 Å². The molecule has 102 valence electrons. The first-order valence-corrected chi connectivity index (χ1v) is 5.85. The molecule has 0 spiro atoms. The van der Waals surface area contributed by atoms with E-state index >= 15 is 0 Å². The van der Waals surface area contributed by atoms with Gasteiger partial charge in [0.25, 0.3) is 5.91 Å². The van der Waals surface area contributed by atoms with Crippen molar-refractivity contribution < 1.29 is 24.2 Å². The Morgan fingerprint density at radius 1 is 1.37 bits per heavy atom. The van der Waals surface area contributed by atoms with Gasteiger partial charge in [0.05, 0.1) is 13.7 Å². The summed E-state index contributed by atoms with van der Waals surface area (Å²) in [6.07, 6.45) is 0.268.